The van der Waals surface area contributed by atoms with Crippen LogP contribution in [0.5, 0.6) is 0 Å². The van der Waals surface area contributed by atoms with Crippen LogP contribution in [-0.4, -0.2) is 0 Å². The molecule has 3 atom stereocenters. The fraction of sp³-hybridized carbons (Fsp3) is 0.867. The van der Waals surface area contributed by atoms with E-state index in [4.69, 9.17) is 0 Å². The summed E-state index contributed by atoms with van der Waals surface area (Å²) < 4.78 is 0. The van der Waals surface area contributed by atoms with Crippen LogP contribution < -0.4 is 0 Å². The zero-order chi connectivity index (χ0) is 10.9. The van der Waals surface area contributed by atoms with E-state index in [9.17, 15) is 0 Å². The maximum atomic E-state index is 2.57. The van der Waals surface area contributed by atoms with E-state index in [0.29, 0.717) is 16.2 Å². The van der Waals surface area contributed by atoms with Crippen molar-refractivity contribution in [2.75, 3.05) is 0 Å². The highest BCUT2D eigenvalue weighted by Gasteiger charge is 2.72. The van der Waals surface area contributed by atoms with E-state index < -0.39 is 0 Å². The van der Waals surface area contributed by atoms with E-state index in [1.54, 1.807) is 5.57 Å². The molecule has 0 bridgehead atoms. The van der Waals surface area contributed by atoms with Gasteiger partial charge in [-0.25, -0.2) is 0 Å². The Balaban J connectivity index is 2.10. The van der Waals surface area contributed by atoms with Crippen molar-refractivity contribution in [1.82, 2.24) is 0 Å². The highest BCUT2D eigenvalue weighted by Crippen LogP contribution is 2.80. The Morgan fingerprint density at radius 3 is 2.67 bits per heavy atom. The molecule has 15 heavy (non-hydrogen) atoms. The molecule has 0 aliphatic heterocycles. The quantitative estimate of drug-likeness (QED) is 0.507. The predicted octanol–water partition coefficient (Wildman–Crippen LogP) is 4.56. The third-order valence-electron chi connectivity index (χ3n) is 6.20. The first-order valence-corrected chi connectivity index (χ1v) is 6.60. The Labute approximate surface area is 94.1 Å². The van der Waals surface area contributed by atoms with Gasteiger partial charge in [0.25, 0.3) is 0 Å². The van der Waals surface area contributed by atoms with E-state index in [0.717, 1.165) is 5.92 Å². The van der Waals surface area contributed by atoms with Gasteiger partial charge in [0.2, 0.25) is 0 Å². The molecule has 2 saturated carbocycles. The molecule has 2 unspecified atom stereocenters. The van der Waals surface area contributed by atoms with Crippen molar-refractivity contribution < 1.29 is 0 Å². The Bertz CT molecular complexity index is 336. The Morgan fingerprint density at radius 1 is 1.20 bits per heavy atom. The molecule has 84 valence electrons. The second-order valence-electron chi connectivity index (χ2n) is 7.18. The van der Waals surface area contributed by atoms with Crippen molar-refractivity contribution in [1.29, 1.82) is 0 Å². The van der Waals surface area contributed by atoms with Gasteiger partial charge in [0.1, 0.15) is 0 Å². The molecular formula is C15H24. The standard InChI is InChI=1S/C15H24/c1-11-6-9-14(4)8-5-7-13(2,3)15(14)10-12(11)15/h6,12H,5,7-10H2,1-4H3/t12?,14-,15?/m1/s1. The molecular weight excluding hydrogens is 180 g/mol. The SMILES string of the molecule is CC1=CC[C@@]2(C)CCCC(C)(C)C23CC13. The van der Waals surface area contributed by atoms with Crippen LogP contribution in [0, 0.1) is 22.2 Å². The molecule has 0 aromatic heterocycles. The van der Waals surface area contributed by atoms with Gasteiger partial charge in [-0.2, -0.15) is 0 Å². The molecule has 1 spiro atoms. The van der Waals surface area contributed by atoms with Crippen LogP contribution in [0.2, 0.25) is 0 Å². The minimum atomic E-state index is 0.584. The Morgan fingerprint density at radius 2 is 1.93 bits per heavy atom. The normalized spacial score (nSPS) is 51.5. The van der Waals surface area contributed by atoms with Crippen molar-refractivity contribution in [2.45, 2.75) is 59.8 Å². The third kappa shape index (κ3) is 0.946. The molecule has 0 heteroatoms. The van der Waals surface area contributed by atoms with Crippen molar-refractivity contribution in [2.24, 2.45) is 22.2 Å². The van der Waals surface area contributed by atoms with Crippen LogP contribution >= 0.6 is 0 Å². The number of hydrogen-bond donors (Lipinski definition) is 0. The van der Waals surface area contributed by atoms with Gasteiger partial charge in [-0.3, -0.25) is 0 Å². The fourth-order valence-corrected chi connectivity index (χ4v) is 5.22. The summed E-state index contributed by atoms with van der Waals surface area (Å²) >= 11 is 0. The summed E-state index contributed by atoms with van der Waals surface area (Å²) in [7, 11) is 0. The van der Waals surface area contributed by atoms with Crippen molar-refractivity contribution >= 4 is 0 Å². The van der Waals surface area contributed by atoms with Crippen LogP contribution in [0.1, 0.15) is 59.8 Å². The first kappa shape index (κ1) is 9.93. The van der Waals surface area contributed by atoms with Gasteiger partial charge < -0.3 is 0 Å². The first-order chi connectivity index (χ1) is 6.93. The molecule has 0 nitrogen and oxygen atoms in total. The number of hydrogen-bond acceptors (Lipinski definition) is 0. The van der Waals surface area contributed by atoms with E-state index in [-0.39, 0.29) is 0 Å². The lowest BCUT2D eigenvalue weighted by molar-refractivity contribution is -0.0346. The lowest BCUT2D eigenvalue weighted by Gasteiger charge is -2.54. The van der Waals surface area contributed by atoms with E-state index in [1.807, 2.05) is 0 Å². The van der Waals surface area contributed by atoms with Crippen LogP contribution in [-0.2, 0) is 0 Å². The number of rotatable bonds is 0. The van der Waals surface area contributed by atoms with Crippen molar-refractivity contribution in [3.8, 4) is 0 Å². The summed E-state index contributed by atoms with van der Waals surface area (Å²) in [5.74, 6) is 0.937. The van der Waals surface area contributed by atoms with E-state index in [1.165, 1.54) is 32.1 Å². The fourth-order valence-electron chi connectivity index (χ4n) is 5.22. The predicted molar refractivity (Wildman–Crippen MR) is 64.7 cm³/mol. The van der Waals surface area contributed by atoms with Crippen LogP contribution in [0.4, 0.5) is 0 Å². The number of allylic oxidation sites excluding steroid dienone is 2. The van der Waals surface area contributed by atoms with Gasteiger partial charge in [-0.05, 0) is 54.8 Å². The topological polar surface area (TPSA) is 0 Å². The summed E-state index contributed by atoms with van der Waals surface area (Å²) in [6, 6.07) is 0. The summed E-state index contributed by atoms with van der Waals surface area (Å²) in [6.07, 6.45) is 9.74. The van der Waals surface area contributed by atoms with Crippen molar-refractivity contribution in [3.05, 3.63) is 11.6 Å². The van der Waals surface area contributed by atoms with Gasteiger partial charge >= 0.3 is 0 Å². The third-order valence-corrected chi connectivity index (χ3v) is 6.20. The molecule has 0 saturated heterocycles. The molecule has 0 N–H and O–H groups in total. The second-order valence-corrected chi connectivity index (χ2v) is 7.18. The van der Waals surface area contributed by atoms with Gasteiger partial charge in [0, 0.05) is 0 Å². The van der Waals surface area contributed by atoms with Crippen LogP contribution in [0.3, 0.4) is 0 Å². The summed E-state index contributed by atoms with van der Waals surface area (Å²) in [5, 5.41) is 0. The molecule has 0 aromatic rings. The zero-order valence-electron chi connectivity index (χ0n) is 10.7. The molecule has 3 aliphatic carbocycles. The average molecular weight is 204 g/mol. The van der Waals surface area contributed by atoms with Crippen LogP contribution in [0.15, 0.2) is 11.6 Å². The molecule has 0 amide bonds. The summed E-state index contributed by atoms with van der Waals surface area (Å²) in [6.45, 7) is 9.99. The lowest BCUT2D eigenvalue weighted by atomic mass is 9.50. The molecule has 3 aliphatic rings. The highest BCUT2D eigenvalue weighted by molar-refractivity contribution is 5.33. The Kier molecular flexibility index (Phi) is 1.67. The molecule has 0 aromatic carbocycles. The smallest absolute Gasteiger partial charge is 0.0118 e. The average Bonchev–Trinajstić information content (AvgIpc) is 2.88. The van der Waals surface area contributed by atoms with Gasteiger partial charge in [-0.15, -0.1) is 0 Å². The summed E-state index contributed by atoms with van der Waals surface area (Å²) in [4.78, 5) is 0. The zero-order valence-corrected chi connectivity index (χ0v) is 10.7. The summed E-state index contributed by atoms with van der Waals surface area (Å²) in [5.41, 5.74) is 3.58. The van der Waals surface area contributed by atoms with Gasteiger partial charge in [0.05, 0.1) is 0 Å². The first-order valence-electron chi connectivity index (χ1n) is 6.60. The van der Waals surface area contributed by atoms with Crippen molar-refractivity contribution in [3.63, 3.8) is 0 Å². The van der Waals surface area contributed by atoms with E-state index >= 15 is 0 Å². The largest absolute Gasteiger partial charge is 0.0847 e. The lowest BCUT2D eigenvalue weighted by Crippen LogP contribution is -2.46. The maximum Gasteiger partial charge on any atom is -0.0118 e. The minimum Gasteiger partial charge on any atom is -0.0847 e. The van der Waals surface area contributed by atoms with Gasteiger partial charge in [-0.1, -0.05) is 38.8 Å². The Hall–Kier alpha value is -0.260. The molecule has 0 radical (unpaired) electrons. The monoisotopic (exact) mass is 204 g/mol. The van der Waals surface area contributed by atoms with Gasteiger partial charge in [0.15, 0.2) is 0 Å². The van der Waals surface area contributed by atoms with Crippen LogP contribution in [0.25, 0.3) is 0 Å². The highest BCUT2D eigenvalue weighted by atomic mass is 14.8. The minimum absolute atomic E-state index is 0.584. The van der Waals surface area contributed by atoms with E-state index in [2.05, 4.69) is 33.8 Å². The molecule has 2 fully saturated rings. The maximum absolute atomic E-state index is 2.57. The second kappa shape index (κ2) is 2.52. The molecule has 0 heterocycles. The molecule has 3 rings (SSSR count).